The minimum Gasteiger partial charge on any atom is -0.377 e. The van der Waals surface area contributed by atoms with Crippen molar-refractivity contribution in [2.24, 2.45) is 0 Å². The number of rotatable bonds is 2. The van der Waals surface area contributed by atoms with Gasteiger partial charge in [0.1, 0.15) is 0 Å². The lowest BCUT2D eigenvalue weighted by atomic mass is 10.1. The Morgan fingerprint density at radius 2 is 2.14 bits per heavy atom. The summed E-state index contributed by atoms with van der Waals surface area (Å²) in [6, 6.07) is 7.77. The van der Waals surface area contributed by atoms with Crippen LogP contribution in [0.4, 0.5) is 0 Å². The van der Waals surface area contributed by atoms with E-state index in [2.05, 4.69) is 5.32 Å². The van der Waals surface area contributed by atoms with Crippen LogP contribution in [0.25, 0.3) is 0 Å². The van der Waals surface area contributed by atoms with Crippen molar-refractivity contribution in [1.82, 2.24) is 5.32 Å². The van der Waals surface area contributed by atoms with Crippen LogP contribution < -0.4 is 5.32 Å². The zero-order valence-corrected chi connectivity index (χ0v) is 8.12. The second-order valence-corrected chi connectivity index (χ2v) is 3.52. The number of aryl methyl sites for hydroxylation is 1. The van der Waals surface area contributed by atoms with E-state index >= 15 is 0 Å². The summed E-state index contributed by atoms with van der Waals surface area (Å²) >= 11 is 0. The molecule has 1 heterocycles. The summed E-state index contributed by atoms with van der Waals surface area (Å²) in [4.78, 5) is 11.7. The molecule has 1 aromatic rings. The Morgan fingerprint density at radius 3 is 2.71 bits per heavy atom. The molecule has 1 saturated heterocycles. The summed E-state index contributed by atoms with van der Waals surface area (Å²) in [5.41, 5.74) is 1.75. The fourth-order valence-electron chi connectivity index (χ4n) is 1.41. The van der Waals surface area contributed by atoms with Crippen LogP contribution in [-0.4, -0.2) is 25.2 Å². The molecule has 2 rings (SSSR count). The third kappa shape index (κ3) is 1.77. The number of hydrogen-bond acceptors (Lipinski definition) is 2. The highest BCUT2D eigenvalue weighted by Crippen LogP contribution is 2.08. The molecule has 1 N–H and O–H groups in total. The molecular weight excluding hydrogens is 178 g/mol. The van der Waals surface area contributed by atoms with Gasteiger partial charge in [-0.05, 0) is 18.6 Å². The molecule has 1 aromatic carbocycles. The van der Waals surface area contributed by atoms with E-state index in [9.17, 15) is 4.79 Å². The zero-order chi connectivity index (χ0) is 9.97. The molecule has 0 spiro atoms. The highest BCUT2D eigenvalue weighted by Gasteiger charge is 2.21. The quantitative estimate of drug-likeness (QED) is 0.760. The van der Waals surface area contributed by atoms with Gasteiger partial charge in [0.05, 0.1) is 19.3 Å². The largest absolute Gasteiger partial charge is 0.377 e. The van der Waals surface area contributed by atoms with Crippen molar-refractivity contribution in [2.75, 3.05) is 13.2 Å². The fourth-order valence-corrected chi connectivity index (χ4v) is 1.41. The van der Waals surface area contributed by atoms with E-state index in [1.807, 2.05) is 31.2 Å². The number of nitrogens with one attached hydrogen (secondary N) is 1. The van der Waals surface area contributed by atoms with Crippen molar-refractivity contribution < 1.29 is 9.53 Å². The van der Waals surface area contributed by atoms with Crippen LogP contribution in [0.2, 0.25) is 0 Å². The zero-order valence-electron chi connectivity index (χ0n) is 8.12. The molecule has 0 unspecified atom stereocenters. The van der Waals surface area contributed by atoms with Gasteiger partial charge < -0.3 is 10.1 Å². The molecule has 1 amide bonds. The number of amides is 1. The third-order valence-electron chi connectivity index (χ3n) is 2.36. The Kier molecular flexibility index (Phi) is 2.50. The normalized spacial score (nSPS) is 16.1. The van der Waals surface area contributed by atoms with E-state index in [-0.39, 0.29) is 11.9 Å². The number of carbonyl (C=O) groups is 1. The van der Waals surface area contributed by atoms with Gasteiger partial charge in [0.15, 0.2) is 0 Å². The molecule has 3 nitrogen and oxygen atoms in total. The van der Waals surface area contributed by atoms with Crippen LogP contribution in [0.5, 0.6) is 0 Å². The van der Waals surface area contributed by atoms with Gasteiger partial charge in [0, 0.05) is 5.56 Å². The fraction of sp³-hybridized carbons (Fsp3) is 0.364. The van der Waals surface area contributed by atoms with Gasteiger partial charge in [0.2, 0.25) is 0 Å². The first kappa shape index (κ1) is 9.21. The summed E-state index contributed by atoms with van der Waals surface area (Å²) in [6.45, 7) is 3.21. The smallest absolute Gasteiger partial charge is 0.251 e. The Morgan fingerprint density at radius 1 is 1.43 bits per heavy atom. The van der Waals surface area contributed by atoms with Crippen LogP contribution in [0.3, 0.4) is 0 Å². The van der Waals surface area contributed by atoms with Gasteiger partial charge in [-0.3, -0.25) is 4.79 Å². The summed E-state index contributed by atoms with van der Waals surface area (Å²) < 4.78 is 4.99. The van der Waals surface area contributed by atoms with Gasteiger partial charge in [0.25, 0.3) is 5.91 Å². The molecule has 0 aliphatic carbocycles. The number of hydrogen-bond donors (Lipinski definition) is 1. The van der Waals surface area contributed by atoms with E-state index in [0.717, 1.165) is 11.1 Å². The lowest BCUT2D eigenvalue weighted by molar-refractivity contribution is -0.00347. The molecule has 0 radical (unpaired) electrons. The standard InChI is InChI=1S/C11H13NO2/c1-8-4-2-3-5-10(8)11(13)12-9-6-14-7-9/h2-5,9H,6-7H2,1H3,(H,12,13). The van der Waals surface area contributed by atoms with Gasteiger partial charge >= 0.3 is 0 Å². The van der Waals surface area contributed by atoms with Gasteiger partial charge in [-0.15, -0.1) is 0 Å². The molecule has 3 heteroatoms. The van der Waals surface area contributed by atoms with Crippen LogP contribution in [-0.2, 0) is 4.74 Å². The summed E-state index contributed by atoms with van der Waals surface area (Å²) in [5, 5.41) is 2.91. The lowest BCUT2D eigenvalue weighted by Gasteiger charge is -2.27. The highest BCUT2D eigenvalue weighted by molar-refractivity contribution is 5.95. The number of carbonyl (C=O) groups excluding carboxylic acids is 1. The van der Waals surface area contributed by atoms with Gasteiger partial charge in [-0.2, -0.15) is 0 Å². The Labute approximate surface area is 83.1 Å². The van der Waals surface area contributed by atoms with Crippen molar-refractivity contribution in [3.63, 3.8) is 0 Å². The van der Waals surface area contributed by atoms with Crippen molar-refractivity contribution in [1.29, 1.82) is 0 Å². The van der Waals surface area contributed by atoms with Crippen LogP contribution >= 0.6 is 0 Å². The van der Waals surface area contributed by atoms with E-state index < -0.39 is 0 Å². The molecular formula is C11H13NO2. The summed E-state index contributed by atoms with van der Waals surface area (Å²) in [5.74, 6) is -0.00333. The predicted octanol–water partition coefficient (Wildman–Crippen LogP) is 1.12. The average molecular weight is 191 g/mol. The Bertz CT molecular complexity index is 345. The molecule has 0 saturated carbocycles. The van der Waals surface area contributed by atoms with Crippen molar-refractivity contribution in [3.8, 4) is 0 Å². The van der Waals surface area contributed by atoms with Crippen LogP contribution in [0.1, 0.15) is 15.9 Å². The monoisotopic (exact) mass is 191 g/mol. The molecule has 0 aromatic heterocycles. The topological polar surface area (TPSA) is 38.3 Å². The van der Waals surface area contributed by atoms with Crippen LogP contribution in [0, 0.1) is 6.92 Å². The second-order valence-electron chi connectivity index (χ2n) is 3.52. The highest BCUT2D eigenvalue weighted by atomic mass is 16.5. The Balaban J connectivity index is 2.06. The van der Waals surface area contributed by atoms with Gasteiger partial charge in [-0.25, -0.2) is 0 Å². The van der Waals surface area contributed by atoms with Gasteiger partial charge in [-0.1, -0.05) is 18.2 Å². The van der Waals surface area contributed by atoms with Crippen LogP contribution in [0.15, 0.2) is 24.3 Å². The van der Waals surface area contributed by atoms with E-state index in [1.54, 1.807) is 0 Å². The first-order chi connectivity index (χ1) is 6.77. The third-order valence-corrected chi connectivity index (χ3v) is 2.36. The maximum absolute atomic E-state index is 11.7. The first-order valence-electron chi connectivity index (χ1n) is 4.71. The molecule has 74 valence electrons. The van der Waals surface area contributed by atoms with Crippen molar-refractivity contribution >= 4 is 5.91 Å². The maximum atomic E-state index is 11.7. The molecule has 0 bridgehead atoms. The SMILES string of the molecule is Cc1ccccc1C(=O)NC1COC1. The van der Waals surface area contributed by atoms with Crippen molar-refractivity contribution in [2.45, 2.75) is 13.0 Å². The predicted molar refractivity (Wildman–Crippen MR) is 53.3 cm³/mol. The van der Waals surface area contributed by atoms with Crippen molar-refractivity contribution in [3.05, 3.63) is 35.4 Å². The lowest BCUT2D eigenvalue weighted by Crippen LogP contribution is -2.48. The number of benzene rings is 1. The summed E-state index contributed by atoms with van der Waals surface area (Å²) in [7, 11) is 0. The Hall–Kier alpha value is -1.35. The number of ether oxygens (including phenoxy) is 1. The molecule has 1 aliphatic rings. The molecule has 14 heavy (non-hydrogen) atoms. The minimum absolute atomic E-state index is 0.00333. The minimum atomic E-state index is -0.00333. The molecule has 0 atom stereocenters. The second kappa shape index (κ2) is 3.80. The maximum Gasteiger partial charge on any atom is 0.251 e. The first-order valence-corrected chi connectivity index (χ1v) is 4.71. The molecule has 1 fully saturated rings. The van der Waals surface area contributed by atoms with E-state index in [0.29, 0.717) is 13.2 Å². The summed E-state index contributed by atoms with van der Waals surface area (Å²) in [6.07, 6.45) is 0. The average Bonchev–Trinajstić information content (AvgIpc) is 2.12. The van der Waals surface area contributed by atoms with E-state index in [4.69, 9.17) is 4.74 Å². The van der Waals surface area contributed by atoms with E-state index in [1.165, 1.54) is 0 Å². The molecule has 1 aliphatic heterocycles.